The van der Waals surface area contributed by atoms with Crippen molar-refractivity contribution in [2.45, 2.75) is 104 Å². The summed E-state index contributed by atoms with van der Waals surface area (Å²) in [5.74, 6) is 8.60. The summed E-state index contributed by atoms with van der Waals surface area (Å²) in [6, 6.07) is 0. The van der Waals surface area contributed by atoms with Crippen molar-refractivity contribution in [3.8, 4) is 0 Å². The quantitative estimate of drug-likeness (QED) is 0.321. The number of aliphatic carboxylic acids is 1. The number of carboxylic acids is 1. The molecule has 0 aromatic heterocycles. The third-order valence-corrected chi connectivity index (χ3v) is 11.9. The average molecular weight is 611 g/mol. The van der Waals surface area contributed by atoms with E-state index in [0.717, 1.165) is 81.5 Å². The molecule has 0 saturated heterocycles. The van der Waals surface area contributed by atoms with E-state index >= 15 is 0 Å². The number of allylic oxidation sites excluding steroid dienone is 2. The van der Waals surface area contributed by atoms with E-state index in [9.17, 15) is 9.90 Å². The first-order valence-electron chi connectivity index (χ1n) is 13.5. The summed E-state index contributed by atoms with van der Waals surface area (Å²) in [6.07, 6.45) is 0. The number of rotatable bonds is 1. The van der Waals surface area contributed by atoms with Crippen molar-refractivity contribution in [2.24, 2.45) is 64.6 Å². The Morgan fingerprint density at radius 1 is 0.529 bits per heavy atom. The molecule has 2 nitrogen and oxygen atoms in total. The second kappa shape index (κ2) is 13.2. The fourth-order valence-corrected chi connectivity index (χ4v) is 6.70. The van der Waals surface area contributed by atoms with E-state index in [1.54, 1.807) is 6.92 Å². The van der Waals surface area contributed by atoms with Gasteiger partial charge in [0.15, 0.2) is 0 Å². The largest absolute Gasteiger partial charge is 0.480 e. The van der Waals surface area contributed by atoms with Gasteiger partial charge in [-0.1, -0.05) is 69.2 Å². The molecule has 2 fully saturated rings. The van der Waals surface area contributed by atoms with Crippen LogP contribution in [-0.4, -0.2) is 11.1 Å². The summed E-state index contributed by atoms with van der Waals surface area (Å²) in [5.41, 5.74) is 3.42. The summed E-state index contributed by atoms with van der Waals surface area (Å²) in [6.45, 7) is 33.5. The Bertz CT molecular complexity index is 620. The molecule has 3 aliphatic carbocycles. The van der Waals surface area contributed by atoms with Crippen LogP contribution in [0.2, 0.25) is 0 Å². The summed E-state index contributed by atoms with van der Waals surface area (Å²) < 4.78 is 0. The fraction of sp³-hybridized carbons (Fsp3) is 0.839. The maximum absolute atomic E-state index is 11.2. The average Bonchev–Trinajstić information content (AvgIpc) is 3.13. The molecule has 0 aliphatic heterocycles. The van der Waals surface area contributed by atoms with Gasteiger partial charge >= 0.3 is 5.97 Å². The SMILES string of the molecule is CC1=C(C)C(C)(C(=O)O)C(C)=C1C.CC1C(C)C(C)C(C)C1C.CC1C(C)C(C)C(C)C1C.[Sm]. The van der Waals surface area contributed by atoms with Crippen molar-refractivity contribution in [2.75, 3.05) is 0 Å². The third kappa shape index (κ3) is 6.40. The first-order chi connectivity index (χ1) is 14.9. The molecule has 0 aromatic rings. The van der Waals surface area contributed by atoms with Gasteiger partial charge in [0.1, 0.15) is 5.41 Å². The Kier molecular flexibility index (Phi) is 13.3. The molecular weight excluding hydrogens is 555 g/mol. The third-order valence-electron chi connectivity index (χ3n) is 11.9. The molecule has 3 aliphatic rings. The Morgan fingerprint density at radius 3 is 0.765 bits per heavy atom. The van der Waals surface area contributed by atoms with Gasteiger partial charge in [-0.25, -0.2) is 0 Å². The number of hydrogen-bond donors (Lipinski definition) is 1. The second-order valence-corrected chi connectivity index (χ2v) is 12.5. The summed E-state index contributed by atoms with van der Waals surface area (Å²) in [7, 11) is 0. The fourth-order valence-electron chi connectivity index (χ4n) is 6.70. The first kappa shape index (κ1) is 34.3. The van der Waals surface area contributed by atoms with Gasteiger partial charge in [0.25, 0.3) is 0 Å². The minimum Gasteiger partial charge on any atom is -0.480 e. The molecule has 34 heavy (non-hydrogen) atoms. The summed E-state index contributed by atoms with van der Waals surface area (Å²) >= 11 is 0. The molecule has 0 aromatic carbocycles. The first-order valence-corrected chi connectivity index (χ1v) is 13.5. The van der Waals surface area contributed by atoms with Crippen molar-refractivity contribution in [3.63, 3.8) is 0 Å². The number of hydrogen-bond acceptors (Lipinski definition) is 1. The van der Waals surface area contributed by atoms with Gasteiger partial charge < -0.3 is 5.11 Å². The molecule has 0 bridgehead atoms. The van der Waals surface area contributed by atoms with Gasteiger partial charge in [-0.05, 0) is 116 Å². The molecular formula is C31H56O2Sm. The smallest absolute Gasteiger partial charge is 0.317 e. The summed E-state index contributed by atoms with van der Waals surface area (Å²) in [5, 5.41) is 9.18. The van der Waals surface area contributed by atoms with E-state index in [1.165, 1.54) is 0 Å². The topological polar surface area (TPSA) is 37.3 Å². The molecule has 0 unspecified atom stereocenters. The molecule has 3 rings (SSSR count). The zero-order valence-electron chi connectivity index (χ0n) is 25.0. The molecule has 198 valence electrons. The second-order valence-electron chi connectivity index (χ2n) is 12.5. The molecule has 0 amide bonds. The van der Waals surface area contributed by atoms with E-state index in [0.29, 0.717) is 0 Å². The normalized spacial score (nSPS) is 40.8. The van der Waals surface area contributed by atoms with Crippen LogP contribution in [-0.2, 0) is 4.79 Å². The predicted octanol–water partition coefficient (Wildman–Crippen LogP) is 9.12. The molecule has 0 radical (unpaired) electrons. The summed E-state index contributed by atoms with van der Waals surface area (Å²) in [4.78, 5) is 11.2. The zero-order chi connectivity index (χ0) is 26.2. The van der Waals surface area contributed by atoms with Gasteiger partial charge in [-0.3, -0.25) is 4.79 Å². The van der Waals surface area contributed by atoms with Crippen molar-refractivity contribution in [1.82, 2.24) is 0 Å². The Labute approximate surface area is 245 Å². The van der Waals surface area contributed by atoms with Crippen LogP contribution >= 0.6 is 0 Å². The molecule has 0 atom stereocenters. The van der Waals surface area contributed by atoms with Gasteiger partial charge in [0.05, 0.1) is 0 Å². The van der Waals surface area contributed by atoms with Crippen LogP contribution in [0, 0.1) is 105 Å². The van der Waals surface area contributed by atoms with Crippen molar-refractivity contribution in [1.29, 1.82) is 0 Å². The van der Waals surface area contributed by atoms with Crippen LogP contribution < -0.4 is 0 Å². The minimum atomic E-state index is -0.770. The van der Waals surface area contributed by atoms with E-state index in [2.05, 4.69) is 69.2 Å². The number of carbonyl (C=O) groups is 1. The van der Waals surface area contributed by atoms with Crippen molar-refractivity contribution >= 4 is 5.97 Å². The Balaban J connectivity index is 0.000000479. The minimum absolute atomic E-state index is 0. The van der Waals surface area contributed by atoms with Crippen LogP contribution in [0.4, 0.5) is 0 Å². The van der Waals surface area contributed by atoms with E-state index in [1.807, 2.05) is 27.7 Å². The van der Waals surface area contributed by atoms with E-state index in [4.69, 9.17) is 0 Å². The van der Waals surface area contributed by atoms with Crippen LogP contribution in [0.25, 0.3) is 0 Å². The molecule has 1 N–H and O–H groups in total. The van der Waals surface area contributed by atoms with Crippen molar-refractivity contribution in [3.05, 3.63) is 22.3 Å². The van der Waals surface area contributed by atoms with Crippen LogP contribution in [0.1, 0.15) is 104 Å². The molecule has 0 heterocycles. The predicted molar refractivity (Wildman–Crippen MR) is 144 cm³/mol. The van der Waals surface area contributed by atoms with Gasteiger partial charge in [-0.2, -0.15) is 0 Å². The maximum atomic E-state index is 11.2. The Morgan fingerprint density at radius 2 is 0.676 bits per heavy atom. The zero-order valence-corrected chi connectivity index (χ0v) is 27.7. The molecule has 0 spiro atoms. The van der Waals surface area contributed by atoms with Gasteiger partial charge in [0, 0.05) is 40.4 Å². The van der Waals surface area contributed by atoms with Gasteiger partial charge in [0.2, 0.25) is 0 Å². The van der Waals surface area contributed by atoms with Gasteiger partial charge in [-0.15, -0.1) is 0 Å². The Hall–Kier alpha value is 0.288. The van der Waals surface area contributed by atoms with E-state index < -0.39 is 11.4 Å². The standard InChI is InChI=1S/C11H16O2.2C10H20.Sm/c1-6-7(2)9(4)11(5,8(6)3)10(12)13;2*1-6-7(2)9(4)10(5)8(6)3;/h1-5H3,(H,12,13);2*6-10H,1-5H3;. The number of carboxylic acid groups (broad SMARTS) is 1. The maximum Gasteiger partial charge on any atom is 0.317 e. The molecule has 2 saturated carbocycles. The van der Waals surface area contributed by atoms with Crippen LogP contribution in [0.3, 0.4) is 0 Å². The van der Waals surface area contributed by atoms with Crippen molar-refractivity contribution < 1.29 is 50.3 Å². The van der Waals surface area contributed by atoms with Crippen LogP contribution in [0.5, 0.6) is 0 Å². The van der Waals surface area contributed by atoms with Crippen LogP contribution in [0.15, 0.2) is 22.3 Å². The molecule has 3 heteroatoms. The monoisotopic (exact) mass is 612 g/mol. The van der Waals surface area contributed by atoms with E-state index in [-0.39, 0.29) is 40.4 Å².